The summed E-state index contributed by atoms with van der Waals surface area (Å²) in [6.07, 6.45) is 3.32. The molecule has 0 saturated heterocycles. The zero-order valence-electron chi connectivity index (χ0n) is 17.6. The first-order valence-electron chi connectivity index (χ1n) is 10.0. The monoisotopic (exact) mass is 408 g/mol. The number of nitrogens with zero attached hydrogens (tertiary/aromatic N) is 4. The van der Waals surface area contributed by atoms with Crippen molar-refractivity contribution in [2.45, 2.75) is 25.7 Å². The summed E-state index contributed by atoms with van der Waals surface area (Å²) in [5, 5.41) is 10.6. The molecule has 0 spiro atoms. The highest BCUT2D eigenvalue weighted by Gasteiger charge is 2.10. The zero-order valence-corrected chi connectivity index (χ0v) is 17.6. The molecule has 0 saturated carbocycles. The van der Waals surface area contributed by atoms with Gasteiger partial charge in [0.1, 0.15) is 11.4 Å². The summed E-state index contributed by atoms with van der Waals surface area (Å²) in [5.41, 5.74) is 1.97. The number of guanidine groups is 1. The van der Waals surface area contributed by atoms with Gasteiger partial charge in [0.2, 0.25) is 0 Å². The van der Waals surface area contributed by atoms with E-state index >= 15 is 0 Å². The van der Waals surface area contributed by atoms with Gasteiger partial charge in [-0.15, -0.1) is 0 Å². The van der Waals surface area contributed by atoms with Gasteiger partial charge in [-0.3, -0.25) is 9.98 Å². The van der Waals surface area contributed by atoms with Crippen LogP contribution in [-0.2, 0) is 6.42 Å². The van der Waals surface area contributed by atoms with E-state index in [1.54, 1.807) is 20.4 Å². The molecule has 1 aromatic carbocycles. The summed E-state index contributed by atoms with van der Waals surface area (Å²) in [6, 6.07) is 13.8. The lowest BCUT2D eigenvalue weighted by molar-refractivity contribution is 0.414. The van der Waals surface area contributed by atoms with Gasteiger partial charge in [0.05, 0.1) is 7.11 Å². The Kier molecular flexibility index (Phi) is 7.77. The fraction of sp³-hybridized carbons (Fsp3) is 0.364. The molecule has 2 heterocycles. The highest BCUT2D eigenvalue weighted by atomic mass is 16.5. The molecule has 0 fully saturated rings. The molecule has 8 nitrogen and oxygen atoms in total. The highest BCUT2D eigenvalue weighted by Crippen LogP contribution is 2.21. The molecular weight excluding hydrogens is 380 g/mol. The molecule has 0 aliphatic rings. The van der Waals surface area contributed by atoms with E-state index in [9.17, 15) is 0 Å². The Bertz CT molecular complexity index is 924. The van der Waals surface area contributed by atoms with Crippen molar-refractivity contribution in [1.82, 2.24) is 25.8 Å². The molecule has 2 N–H and O–H groups in total. The minimum atomic E-state index is 0.431. The van der Waals surface area contributed by atoms with Crippen molar-refractivity contribution in [3.63, 3.8) is 0 Å². The maximum absolute atomic E-state index is 5.28. The largest absolute Gasteiger partial charge is 0.497 e. The molecule has 3 rings (SSSR count). The summed E-state index contributed by atoms with van der Waals surface area (Å²) >= 11 is 0. The average molecular weight is 409 g/mol. The lowest BCUT2D eigenvalue weighted by atomic mass is 9.98. The van der Waals surface area contributed by atoms with Gasteiger partial charge in [-0.2, -0.15) is 4.98 Å². The van der Waals surface area contributed by atoms with Gasteiger partial charge in [-0.05, 0) is 42.2 Å². The first-order valence-corrected chi connectivity index (χ1v) is 10.0. The third kappa shape index (κ3) is 6.04. The average Bonchev–Trinajstić information content (AvgIpc) is 3.27. The van der Waals surface area contributed by atoms with Crippen LogP contribution < -0.4 is 15.4 Å². The Hall–Kier alpha value is -3.42. The smallest absolute Gasteiger partial charge is 0.276 e. The van der Waals surface area contributed by atoms with Gasteiger partial charge in [-0.1, -0.05) is 30.3 Å². The van der Waals surface area contributed by atoms with E-state index < -0.39 is 0 Å². The van der Waals surface area contributed by atoms with Crippen LogP contribution in [0, 0.1) is 0 Å². The Morgan fingerprint density at radius 1 is 1.13 bits per heavy atom. The third-order valence-corrected chi connectivity index (χ3v) is 4.77. The fourth-order valence-electron chi connectivity index (χ4n) is 2.97. The molecule has 0 aliphatic heterocycles. The van der Waals surface area contributed by atoms with Gasteiger partial charge in [0.25, 0.3) is 5.89 Å². The summed E-state index contributed by atoms with van der Waals surface area (Å²) in [5.74, 6) is 3.13. The third-order valence-electron chi connectivity index (χ3n) is 4.77. The molecule has 1 unspecified atom stereocenters. The molecule has 158 valence electrons. The summed E-state index contributed by atoms with van der Waals surface area (Å²) in [6.45, 7) is 3.68. The first kappa shape index (κ1) is 21.3. The van der Waals surface area contributed by atoms with Crippen molar-refractivity contribution >= 4 is 5.96 Å². The van der Waals surface area contributed by atoms with E-state index in [-0.39, 0.29) is 0 Å². The van der Waals surface area contributed by atoms with Crippen molar-refractivity contribution in [3.8, 4) is 17.3 Å². The van der Waals surface area contributed by atoms with Crippen LogP contribution in [0.5, 0.6) is 5.75 Å². The number of pyridine rings is 1. The predicted molar refractivity (Wildman–Crippen MR) is 117 cm³/mol. The molecule has 8 heteroatoms. The Balaban J connectivity index is 1.39. The molecule has 0 amide bonds. The van der Waals surface area contributed by atoms with Crippen LogP contribution in [0.2, 0.25) is 0 Å². The molecule has 30 heavy (non-hydrogen) atoms. The first-order chi connectivity index (χ1) is 14.7. The summed E-state index contributed by atoms with van der Waals surface area (Å²) in [4.78, 5) is 12.9. The van der Waals surface area contributed by atoms with Crippen molar-refractivity contribution in [2.75, 3.05) is 27.2 Å². The van der Waals surface area contributed by atoms with Gasteiger partial charge in [0.15, 0.2) is 11.8 Å². The maximum Gasteiger partial charge on any atom is 0.276 e. The van der Waals surface area contributed by atoms with E-state index in [4.69, 9.17) is 9.26 Å². The second-order valence-electron chi connectivity index (χ2n) is 6.87. The predicted octanol–water partition coefficient (Wildman–Crippen LogP) is 3.04. The SMILES string of the molecule is CN=C(NCCc1noc(-c2ccccn2)n1)NCCC(C)c1ccc(OC)cc1. The minimum Gasteiger partial charge on any atom is -0.497 e. The Morgan fingerprint density at radius 2 is 1.93 bits per heavy atom. The second-order valence-corrected chi connectivity index (χ2v) is 6.87. The van der Waals surface area contributed by atoms with Crippen molar-refractivity contribution in [2.24, 2.45) is 4.99 Å². The van der Waals surface area contributed by atoms with Crippen LogP contribution >= 0.6 is 0 Å². The number of hydrogen-bond donors (Lipinski definition) is 2. The molecular formula is C22H28N6O2. The molecule has 0 aliphatic carbocycles. The number of aromatic nitrogens is 3. The number of hydrogen-bond acceptors (Lipinski definition) is 6. The van der Waals surface area contributed by atoms with Crippen molar-refractivity contribution < 1.29 is 9.26 Å². The second kappa shape index (κ2) is 10.9. The summed E-state index contributed by atoms with van der Waals surface area (Å²) < 4.78 is 10.5. The lowest BCUT2D eigenvalue weighted by Crippen LogP contribution is -2.39. The number of rotatable bonds is 9. The van der Waals surface area contributed by atoms with Crippen LogP contribution in [0.3, 0.4) is 0 Å². The van der Waals surface area contributed by atoms with Gasteiger partial charge in [0, 0.05) is 32.8 Å². The topological polar surface area (TPSA) is 97.5 Å². The van der Waals surface area contributed by atoms with E-state index in [1.807, 2.05) is 30.3 Å². The van der Waals surface area contributed by atoms with Crippen LogP contribution in [0.25, 0.3) is 11.6 Å². The quantitative estimate of drug-likeness (QED) is 0.415. The van der Waals surface area contributed by atoms with E-state index in [1.165, 1.54) is 5.56 Å². The maximum atomic E-state index is 5.28. The summed E-state index contributed by atoms with van der Waals surface area (Å²) in [7, 11) is 3.44. The number of methoxy groups -OCH3 is 1. The Labute approximate surface area is 176 Å². The van der Waals surface area contributed by atoms with E-state index in [0.29, 0.717) is 36.3 Å². The molecule has 2 aromatic heterocycles. The molecule has 3 aromatic rings. The van der Waals surface area contributed by atoms with Crippen LogP contribution in [0.1, 0.15) is 30.7 Å². The number of aliphatic imine (C=N–C) groups is 1. The van der Waals surface area contributed by atoms with Crippen LogP contribution in [0.4, 0.5) is 0 Å². The van der Waals surface area contributed by atoms with Crippen molar-refractivity contribution in [1.29, 1.82) is 0 Å². The van der Waals surface area contributed by atoms with E-state index in [2.05, 4.69) is 49.8 Å². The fourth-order valence-corrected chi connectivity index (χ4v) is 2.97. The highest BCUT2D eigenvalue weighted by molar-refractivity contribution is 5.79. The number of nitrogens with one attached hydrogen (secondary N) is 2. The van der Waals surface area contributed by atoms with Gasteiger partial charge >= 0.3 is 0 Å². The lowest BCUT2D eigenvalue weighted by Gasteiger charge is -2.15. The molecule has 1 atom stereocenters. The standard InChI is InChI=1S/C22H28N6O2/c1-16(17-7-9-18(29-3)10-8-17)11-14-25-22(23-2)26-15-12-20-27-21(30-28-20)19-6-4-5-13-24-19/h4-10,13,16H,11-12,14-15H2,1-3H3,(H2,23,25,26). The number of ether oxygens (including phenoxy) is 1. The van der Waals surface area contributed by atoms with E-state index in [0.717, 1.165) is 24.7 Å². The molecule has 0 radical (unpaired) electrons. The molecule has 0 bridgehead atoms. The van der Waals surface area contributed by atoms with Crippen molar-refractivity contribution in [3.05, 3.63) is 60.0 Å². The normalized spacial score (nSPS) is 12.4. The van der Waals surface area contributed by atoms with Gasteiger partial charge in [-0.25, -0.2) is 0 Å². The zero-order chi connectivity index (χ0) is 21.2. The Morgan fingerprint density at radius 3 is 2.63 bits per heavy atom. The number of benzene rings is 1. The van der Waals surface area contributed by atoms with Gasteiger partial charge < -0.3 is 19.9 Å². The minimum absolute atomic E-state index is 0.431. The van der Waals surface area contributed by atoms with Crippen LogP contribution in [-0.4, -0.2) is 48.3 Å². The van der Waals surface area contributed by atoms with Crippen LogP contribution in [0.15, 0.2) is 58.2 Å².